The quantitative estimate of drug-likeness (QED) is 0.738. The van der Waals surface area contributed by atoms with Gasteiger partial charge in [0.25, 0.3) is 5.91 Å². The minimum Gasteiger partial charge on any atom is -0.448 e. The number of amides is 1. The maximum atomic E-state index is 12.2. The summed E-state index contributed by atoms with van der Waals surface area (Å²) in [6.07, 6.45) is -0.929. The van der Waals surface area contributed by atoms with Crippen molar-refractivity contribution in [2.75, 3.05) is 5.32 Å². The number of nitrogens with one attached hydrogen (secondary N) is 1. The Morgan fingerprint density at radius 3 is 2.48 bits per heavy atom. The van der Waals surface area contributed by atoms with Crippen LogP contribution in [0.1, 0.15) is 23.0 Å². The predicted octanol–water partition coefficient (Wildman–Crippen LogP) is 3.73. The topological polar surface area (TPSA) is 68.3 Å². The lowest BCUT2D eigenvalue weighted by Gasteiger charge is -2.13. The molecule has 0 aliphatic heterocycles. The number of hydrogen-bond donors (Lipinski definition) is 1. The van der Waals surface area contributed by atoms with Gasteiger partial charge < -0.3 is 10.1 Å². The van der Waals surface area contributed by atoms with Gasteiger partial charge in [0, 0.05) is 11.1 Å². The van der Waals surface area contributed by atoms with E-state index in [1.165, 1.54) is 6.92 Å². The Morgan fingerprint density at radius 2 is 1.72 bits per heavy atom. The van der Waals surface area contributed by atoms with E-state index < -0.39 is 18.0 Å². The Balaban J connectivity index is 1.66. The number of pyridine rings is 1. The average molecular weight is 334 g/mol. The number of carbonyl (C=O) groups is 2. The summed E-state index contributed by atoms with van der Waals surface area (Å²) in [6, 6.07) is 18.3. The second-order valence-corrected chi connectivity index (χ2v) is 5.79. The molecule has 1 unspecified atom stereocenters. The Labute approximate surface area is 145 Å². The van der Waals surface area contributed by atoms with Crippen molar-refractivity contribution in [1.82, 2.24) is 4.98 Å². The van der Waals surface area contributed by atoms with Gasteiger partial charge in [-0.2, -0.15) is 0 Å². The zero-order chi connectivity index (χ0) is 17.8. The molecule has 1 amide bonds. The first-order valence-corrected chi connectivity index (χ1v) is 7.97. The van der Waals surface area contributed by atoms with E-state index in [9.17, 15) is 9.59 Å². The number of para-hydroxylation sites is 1. The molecule has 0 radical (unpaired) electrons. The van der Waals surface area contributed by atoms with Crippen molar-refractivity contribution in [3.05, 3.63) is 71.9 Å². The number of benzene rings is 2. The number of aromatic nitrogens is 1. The fraction of sp³-hybridized carbons (Fsp3) is 0.150. The Hall–Kier alpha value is -3.21. The normalized spacial score (nSPS) is 11.8. The van der Waals surface area contributed by atoms with E-state index in [2.05, 4.69) is 10.3 Å². The first kappa shape index (κ1) is 16.6. The lowest BCUT2D eigenvalue weighted by atomic mass is 10.2. The summed E-state index contributed by atoms with van der Waals surface area (Å²) in [6.45, 7) is 3.50. The SMILES string of the molecule is Cc1ccc(NC(=O)C(C)OC(=O)c2ccc3ccccc3n2)cc1. The third-order valence-electron chi connectivity index (χ3n) is 3.78. The van der Waals surface area contributed by atoms with Crippen LogP contribution >= 0.6 is 0 Å². The molecule has 0 fully saturated rings. The maximum Gasteiger partial charge on any atom is 0.357 e. The number of anilines is 1. The predicted molar refractivity (Wildman–Crippen MR) is 96.4 cm³/mol. The van der Waals surface area contributed by atoms with Gasteiger partial charge in [0.05, 0.1) is 5.52 Å². The summed E-state index contributed by atoms with van der Waals surface area (Å²) in [7, 11) is 0. The first-order chi connectivity index (χ1) is 12.0. The highest BCUT2D eigenvalue weighted by Gasteiger charge is 2.20. The van der Waals surface area contributed by atoms with Crippen molar-refractivity contribution < 1.29 is 14.3 Å². The van der Waals surface area contributed by atoms with E-state index in [4.69, 9.17) is 4.74 Å². The van der Waals surface area contributed by atoms with Crippen LogP contribution in [0.5, 0.6) is 0 Å². The number of ether oxygens (including phenoxy) is 1. The summed E-state index contributed by atoms with van der Waals surface area (Å²) >= 11 is 0. The third-order valence-corrected chi connectivity index (χ3v) is 3.78. The number of fused-ring (bicyclic) bond motifs is 1. The highest BCUT2D eigenvalue weighted by molar-refractivity contribution is 5.97. The molecule has 3 aromatic rings. The van der Waals surface area contributed by atoms with Crippen LogP contribution in [0.15, 0.2) is 60.7 Å². The van der Waals surface area contributed by atoms with Crippen molar-refractivity contribution in [2.45, 2.75) is 20.0 Å². The maximum absolute atomic E-state index is 12.2. The summed E-state index contributed by atoms with van der Waals surface area (Å²) < 4.78 is 5.23. The summed E-state index contributed by atoms with van der Waals surface area (Å²) in [5, 5.41) is 3.65. The molecule has 1 N–H and O–H groups in total. The highest BCUT2D eigenvalue weighted by atomic mass is 16.5. The Kier molecular flexibility index (Phi) is 4.75. The molecule has 1 atom stereocenters. The van der Waals surface area contributed by atoms with Gasteiger partial charge in [0.1, 0.15) is 5.69 Å². The monoisotopic (exact) mass is 334 g/mol. The summed E-state index contributed by atoms with van der Waals surface area (Å²) in [4.78, 5) is 28.7. The van der Waals surface area contributed by atoms with Crippen LogP contribution in [0.3, 0.4) is 0 Å². The van der Waals surface area contributed by atoms with E-state index in [-0.39, 0.29) is 5.69 Å². The van der Waals surface area contributed by atoms with E-state index in [1.807, 2.05) is 43.3 Å². The van der Waals surface area contributed by atoms with E-state index in [0.29, 0.717) is 11.2 Å². The third kappa shape index (κ3) is 4.01. The molecule has 3 rings (SSSR count). The molecule has 0 spiro atoms. The first-order valence-electron chi connectivity index (χ1n) is 7.97. The fourth-order valence-corrected chi connectivity index (χ4v) is 2.33. The standard InChI is InChI=1S/C20H18N2O3/c1-13-7-10-16(11-8-13)21-19(23)14(2)25-20(24)18-12-9-15-5-3-4-6-17(15)22-18/h3-12,14H,1-2H3,(H,21,23). The number of nitrogens with zero attached hydrogens (tertiary/aromatic N) is 1. The van der Waals surface area contributed by atoms with Crippen molar-refractivity contribution >= 4 is 28.5 Å². The average Bonchev–Trinajstić information content (AvgIpc) is 2.63. The second kappa shape index (κ2) is 7.13. The molecule has 25 heavy (non-hydrogen) atoms. The molecule has 1 heterocycles. The molecular weight excluding hydrogens is 316 g/mol. The van der Waals surface area contributed by atoms with Crippen molar-refractivity contribution in [2.24, 2.45) is 0 Å². The van der Waals surface area contributed by atoms with Crippen LogP contribution in [0.4, 0.5) is 5.69 Å². The zero-order valence-corrected chi connectivity index (χ0v) is 14.0. The largest absolute Gasteiger partial charge is 0.448 e. The van der Waals surface area contributed by atoms with Gasteiger partial charge in [-0.3, -0.25) is 4.79 Å². The van der Waals surface area contributed by atoms with Crippen LogP contribution in [-0.4, -0.2) is 23.0 Å². The minimum absolute atomic E-state index is 0.175. The molecule has 0 bridgehead atoms. The van der Waals surface area contributed by atoms with Gasteiger partial charge in [-0.25, -0.2) is 9.78 Å². The molecule has 2 aromatic carbocycles. The zero-order valence-electron chi connectivity index (χ0n) is 14.0. The second-order valence-electron chi connectivity index (χ2n) is 5.79. The number of hydrogen-bond acceptors (Lipinski definition) is 4. The van der Waals surface area contributed by atoms with Gasteiger partial charge in [-0.15, -0.1) is 0 Å². The molecule has 0 aliphatic rings. The molecule has 0 aliphatic carbocycles. The van der Waals surface area contributed by atoms with Crippen molar-refractivity contribution in [3.63, 3.8) is 0 Å². The Bertz CT molecular complexity index is 920. The van der Waals surface area contributed by atoms with Crippen LogP contribution in [0, 0.1) is 6.92 Å². The van der Waals surface area contributed by atoms with Crippen LogP contribution < -0.4 is 5.32 Å². The minimum atomic E-state index is -0.929. The van der Waals surface area contributed by atoms with Crippen LogP contribution in [-0.2, 0) is 9.53 Å². The number of aryl methyl sites for hydroxylation is 1. The molecule has 126 valence electrons. The van der Waals surface area contributed by atoms with Gasteiger partial charge >= 0.3 is 5.97 Å². The fourth-order valence-electron chi connectivity index (χ4n) is 2.33. The molecule has 5 heteroatoms. The van der Waals surface area contributed by atoms with Crippen LogP contribution in [0.25, 0.3) is 10.9 Å². The van der Waals surface area contributed by atoms with Gasteiger partial charge in [-0.1, -0.05) is 42.0 Å². The van der Waals surface area contributed by atoms with Crippen molar-refractivity contribution in [1.29, 1.82) is 0 Å². The highest BCUT2D eigenvalue weighted by Crippen LogP contribution is 2.14. The van der Waals surface area contributed by atoms with Crippen molar-refractivity contribution in [3.8, 4) is 0 Å². The lowest BCUT2D eigenvalue weighted by Crippen LogP contribution is -2.30. The van der Waals surface area contributed by atoms with Gasteiger partial charge in [0.15, 0.2) is 6.10 Å². The summed E-state index contributed by atoms with van der Waals surface area (Å²) in [5.74, 6) is -1.02. The van der Waals surface area contributed by atoms with Crippen LogP contribution in [0.2, 0.25) is 0 Å². The number of esters is 1. The number of carbonyl (C=O) groups excluding carboxylic acids is 2. The lowest BCUT2D eigenvalue weighted by molar-refractivity contribution is -0.123. The molecule has 0 saturated heterocycles. The molecular formula is C20H18N2O3. The van der Waals surface area contributed by atoms with E-state index in [0.717, 1.165) is 10.9 Å². The molecule has 0 saturated carbocycles. The summed E-state index contributed by atoms with van der Waals surface area (Å²) in [5.41, 5.74) is 2.63. The van der Waals surface area contributed by atoms with E-state index >= 15 is 0 Å². The van der Waals surface area contributed by atoms with E-state index in [1.54, 1.807) is 24.3 Å². The number of rotatable bonds is 4. The van der Waals surface area contributed by atoms with Gasteiger partial charge in [0.2, 0.25) is 0 Å². The smallest absolute Gasteiger partial charge is 0.357 e. The molecule has 1 aromatic heterocycles. The van der Waals surface area contributed by atoms with Gasteiger partial charge in [-0.05, 0) is 38.1 Å². The Morgan fingerprint density at radius 1 is 1.00 bits per heavy atom. The molecule has 5 nitrogen and oxygen atoms in total.